The fraction of sp³-hybridized carbons (Fsp3) is 0.423. The SMILES string of the molecule is CC(C)(C)OC(=O)N1CCC(c2[nH]nc(C(N)Cc3ccccc3)c2-c2ccncc2)CC1. The Hall–Kier alpha value is -3.19. The Bertz CT molecular complexity index is 1050. The summed E-state index contributed by atoms with van der Waals surface area (Å²) >= 11 is 0. The highest BCUT2D eigenvalue weighted by Gasteiger charge is 2.31. The number of nitrogens with one attached hydrogen (secondary N) is 1. The third-order valence-electron chi connectivity index (χ3n) is 6.00. The van der Waals surface area contributed by atoms with E-state index in [0.29, 0.717) is 19.5 Å². The van der Waals surface area contributed by atoms with Gasteiger partial charge in [-0.1, -0.05) is 30.3 Å². The molecule has 1 fully saturated rings. The van der Waals surface area contributed by atoms with E-state index in [0.717, 1.165) is 35.4 Å². The molecule has 0 radical (unpaired) electrons. The largest absolute Gasteiger partial charge is 0.444 e. The number of carbonyl (C=O) groups is 1. The molecule has 1 saturated heterocycles. The van der Waals surface area contributed by atoms with E-state index < -0.39 is 5.60 Å². The summed E-state index contributed by atoms with van der Waals surface area (Å²) in [5.74, 6) is 0.261. The second kappa shape index (κ2) is 9.75. The van der Waals surface area contributed by atoms with E-state index in [4.69, 9.17) is 15.6 Å². The van der Waals surface area contributed by atoms with Gasteiger partial charge >= 0.3 is 6.09 Å². The molecule has 3 aromatic rings. The van der Waals surface area contributed by atoms with Crippen LogP contribution in [-0.2, 0) is 11.2 Å². The van der Waals surface area contributed by atoms with Gasteiger partial charge in [0.05, 0.1) is 11.7 Å². The van der Waals surface area contributed by atoms with Gasteiger partial charge in [-0.2, -0.15) is 5.10 Å². The van der Waals surface area contributed by atoms with Crippen LogP contribution in [0.3, 0.4) is 0 Å². The molecule has 1 aromatic carbocycles. The zero-order valence-corrected chi connectivity index (χ0v) is 19.6. The maximum absolute atomic E-state index is 12.5. The number of benzene rings is 1. The van der Waals surface area contributed by atoms with Crippen LogP contribution >= 0.6 is 0 Å². The number of rotatable bonds is 5. The van der Waals surface area contributed by atoms with E-state index in [1.54, 1.807) is 17.3 Å². The summed E-state index contributed by atoms with van der Waals surface area (Å²) in [6.07, 6.45) is 5.73. The molecule has 2 aromatic heterocycles. The quantitative estimate of drug-likeness (QED) is 0.584. The zero-order valence-electron chi connectivity index (χ0n) is 19.6. The number of pyridine rings is 1. The van der Waals surface area contributed by atoms with Crippen LogP contribution in [0.2, 0.25) is 0 Å². The lowest BCUT2D eigenvalue weighted by molar-refractivity contribution is 0.0204. The molecule has 33 heavy (non-hydrogen) atoms. The second-order valence-corrected chi connectivity index (χ2v) is 9.67. The van der Waals surface area contributed by atoms with Crippen LogP contribution in [-0.4, -0.2) is 44.9 Å². The minimum atomic E-state index is -0.490. The van der Waals surface area contributed by atoms with Crippen LogP contribution < -0.4 is 5.73 Å². The maximum Gasteiger partial charge on any atom is 0.410 e. The van der Waals surface area contributed by atoms with Crippen LogP contribution in [0.1, 0.15) is 62.5 Å². The van der Waals surface area contributed by atoms with Crippen molar-refractivity contribution in [2.24, 2.45) is 5.73 Å². The van der Waals surface area contributed by atoms with Crippen LogP contribution in [0.25, 0.3) is 11.1 Å². The van der Waals surface area contributed by atoms with Crippen molar-refractivity contribution in [1.29, 1.82) is 0 Å². The Morgan fingerprint density at radius 2 is 1.82 bits per heavy atom. The molecule has 0 aliphatic carbocycles. The highest BCUT2D eigenvalue weighted by Crippen LogP contribution is 2.38. The molecule has 0 spiro atoms. The summed E-state index contributed by atoms with van der Waals surface area (Å²) in [6, 6.07) is 14.0. The number of nitrogens with two attached hydrogens (primary N) is 1. The Kier molecular flexibility index (Phi) is 6.79. The first-order chi connectivity index (χ1) is 15.8. The standard InChI is InChI=1S/C26H33N5O2/c1-26(2,3)33-25(32)31-15-11-20(12-16-31)23-22(19-9-13-28-14-10-19)24(30-29-23)21(27)17-18-7-5-4-6-8-18/h4-10,13-14,20-21H,11-12,15-17,27H2,1-3H3,(H,29,30). The minimum absolute atomic E-state index is 0.234. The Morgan fingerprint density at radius 1 is 1.15 bits per heavy atom. The third kappa shape index (κ3) is 5.60. The van der Waals surface area contributed by atoms with Crippen molar-refractivity contribution < 1.29 is 9.53 Å². The normalized spacial score (nSPS) is 15.9. The average Bonchev–Trinajstić information content (AvgIpc) is 3.25. The Balaban J connectivity index is 1.56. The Labute approximate surface area is 195 Å². The molecule has 1 unspecified atom stereocenters. The van der Waals surface area contributed by atoms with E-state index in [-0.39, 0.29) is 18.1 Å². The summed E-state index contributed by atoms with van der Waals surface area (Å²) < 4.78 is 5.55. The topological polar surface area (TPSA) is 97.1 Å². The molecule has 4 rings (SSSR count). The van der Waals surface area contributed by atoms with Crippen molar-refractivity contribution in [3.8, 4) is 11.1 Å². The van der Waals surface area contributed by atoms with Crippen LogP contribution in [0.5, 0.6) is 0 Å². The van der Waals surface area contributed by atoms with Gasteiger partial charge in [-0.25, -0.2) is 4.79 Å². The highest BCUT2D eigenvalue weighted by atomic mass is 16.6. The van der Waals surface area contributed by atoms with Crippen LogP contribution in [0.4, 0.5) is 4.79 Å². The molecule has 1 aliphatic heterocycles. The van der Waals surface area contributed by atoms with E-state index >= 15 is 0 Å². The molecule has 1 amide bonds. The molecule has 3 heterocycles. The first-order valence-corrected chi connectivity index (χ1v) is 11.6. The van der Waals surface area contributed by atoms with Gasteiger partial charge in [-0.05, 0) is 63.3 Å². The van der Waals surface area contributed by atoms with Crippen LogP contribution in [0, 0.1) is 0 Å². The molecular formula is C26H33N5O2. The number of aromatic amines is 1. The van der Waals surface area contributed by atoms with Gasteiger partial charge in [-0.3, -0.25) is 10.1 Å². The smallest absolute Gasteiger partial charge is 0.410 e. The summed E-state index contributed by atoms with van der Waals surface area (Å²) in [7, 11) is 0. The number of ether oxygens (including phenoxy) is 1. The number of piperidine rings is 1. The fourth-order valence-electron chi connectivity index (χ4n) is 4.40. The molecule has 7 nitrogen and oxygen atoms in total. The Morgan fingerprint density at radius 3 is 2.45 bits per heavy atom. The zero-order chi connectivity index (χ0) is 23.4. The lowest BCUT2D eigenvalue weighted by atomic mass is 9.87. The van der Waals surface area contributed by atoms with Gasteiger partial charge in [0, 0.05) is 42.7 Å². The fourth-order valence-corrected chi connectivity index (χ4v) is 4.40. The maximum atomic E-state index is 12.5. The van der Waals surface area contributed by atoms with Gasteiger partial charge in [0.2, 0.25) is 0 Å². The van der Waals surface area contributed by atoms with E-state index in [1.807, 2.05) is 51.1 Å². The number of amides is 1. The van der Waals surface area contributed by atoms with Crippen molar-refractivity contribution in [1.82, 2.24) is 20.1 Å². The molecular weight excluding hydrogens is 414 g/mol. The number of aromatic nitrogens is 3. The number of hydrogen-bond donors (Lipinski definition) is 2. The number of likely N-dealkylation sites (tertiary alicyclic amines) is 1. The van der Waals surface area contributed by atoms with E-state index in [9.17, 15) is 4.79 Å². The minimum Gasteiger partial charge on any atom is -0.444 e. The monoisotopic (exact) mass is 447 g/mol. The third-order valence-corrected chi connectivity index (χ3v) is 6.00. The van der Waals surface area contributed by atoms with Gasteiger partial charge in [-0.15, -0.1) is 0 Å². The second-order valence-electron chi connectivity index (χ2n) is 9.67. The van der Waals surface area contributed by atoms with Crippen molar-refractivity contribution in [2.45, 2.75) is 57.6 Å². The molecule has 1 aliphatic rings. The van der Waals surface area contributed by atoms with Gasteiger partial charge in [0.1, 0.15) is 5.60 Å². The predicted octanol–water partition coefficient (Wildman–Crippen LogP) is 4.83. The number of carbonyl (C=O) groups excluding carboxylic acids is 1. The molecule has 174 valence electrons. The van der Waals surface area contributed by atoms with E-state index in [2.05, 4.69) is 22.2 Å². The lowest BCUT2D eigenvalue weighted by Gasteiger charge is -2.33. The first-order valence-electron chi connectivity index (χ1n) is 11.6. The lowest BCUT2D eigenvalue weighted by Crippen LogP contribution is -2.41. The van der Waals surface area contributed by atoms with Gasteiger partial charge < -0.3 is 15.4 Å². The highest BCUT2D eigenvalue weighted by molar-refractivity contribution is 5.70. The van der Waals surface area contributed by atoms with Gasteiger partial charge in [0.25, 0.3) is 0 Å². The van der Waals surface area contributed by atoms with Crippen molar-refractivity contribution in [2.75, 3.05) is 13.1 Å². The number of hydrogen-bond acceptors (Lipinski definition) is 5. The molecule has 0 bridgehead atoms. The summed E-state index contributed by atoms with van der Waals surface area (Å²) in [4.78, 5) is 18.4. The van der Waals surface area contributed by atoms with Crippen molar-refractivity contribution in [3.05, 3.63) is 71.8 Å². The van der Waals surface area contributed by atoms with Crippen molar-refractivity contribution in [3.63, 3.8) is 0 Å². The van der Waals surface area contributed by atoms with Crippen molar-refractivity contribution >= 4 is 6.09 Å². The summed E-state index contributed by atoms with van der Waals surface area (Å²) in [5.41, 5.74) is 11.4. The number of nitrogens with zero attached hydrogens (tertiary/aromatic N) is 3. The van der Waals surface area contributed by atoms with Gasteiger partial charge in [0.15, 0.2) is 0 Å². The molecule has 3 N–H and O–H groups in total. The first kappa shape index (κ1) is 23.0. The van der Waals surface area contributed by atoms with Crippen LogP contribution in [0.15, 0.2) is 54.9 Å². The average molecular weight is 448 g/mol. The number of H-pyrrole nitrogens is 1. The summed E-state index contributed by atoms with van der Waals surface area (Å²) in [6.45, 7) is 6.98. The predicted molar refractivity (Wildman–Crippen MR) is 129 cm³/mol. The van der Waals surface area contributed by atoms with E-state index in [1.165, 1.54) is 5.56 Å². The molecule has 7 heteroatoms. The summed E-state index contributed by atoms with van der Waals surface area (Å²) in [5, 5.41) is 8.00. The molecule has 1 atom stereocenters. The molecule has 0 saturated carbocycles.